The molecule has 0 heterocycles. The van der Waals surface area contributed by atoms with Crippen molar-refractivity contribution in [1.29, 1.82) is 0 Å². The third-order valence-electron chi connectivity index (χ3n) is 6.01. The minimum absolute atomic E-state index is 0.125. The van der Waals surface area contributed by atoms with E-state index in [9.17, 15) is 19.2 Å². The molecule has 0 aliphatic rings. The van der Waals surface area contributed by atoms with Crippen molar-refractivity contribution in [1.82, 2.24) is 0 Å². The lowest BCUT2D eigenvalue weighted by atomic mass is 10.2. The van der Waals surface area contributed by atoms with Gasteiger partial charge in [-0.25, -0.2) is 19.2 Å². The van der Waals surface area contributed by atoms with E-state index in [2.05, 4.69) is 13.2 Å². The molecule has 0 saturated carbocycles. The number of ether oxygens (including phenoxy) is 8. The molecule has 3 aromatic carbocycles. The van der Waals surface area contributed by atoms with E-state index in [4.69, 9.17) is 37.9 Å². The van der Waals surface area contributed by atoms with Crippen LogP contribution in [0.3, 0.4) is 0 Å². The highest BCUT2D eigenvalue weighted by Crippen LogP contribution is 2.25. The third kappa shape index (κ3) is 13.2. The van der Waals surface area contributed by atoms with Crippen molar-refractivity contribution in [2.75, 3.05) is 52.9 Å². The molecule has 248 valence electrons. The molecule has 0 bridgehead atoms. The highest BCUT2D eigenvalue weighted by atomic mass is 16.6. The second kappa shape index (κ2) is 19.8. The van der Waals surface area contributed by atoms with Crippen molar-refractivity contribution in [3.05, 3.63) is 109 Å². The molecule has 0 aliphatic heterocycles. The van der Waals surface area contributed by atoms with Crippen LogP contribution in [0.15, 0.2) is 92.0 Å². The maximum atomic E-state index is 12.7. The highest BCUT2D eigenvalue weighted by molar-refractivity contribution is 5.92. The first-order chi connectivity index (χ1) is 22.8. The van der Waals surface area contributed by atoms with Gasteiger partial charge in [0.25, 0.3) is 0 Å². The first kappa shape index (κ1) is 36.0. The SMILES string of the molecule is C=CC(=O)OCCOCCOc1ccc(C(=O)Oc2ccc(OC(=O)c3ccc(OCCOCCOC(=O)C=C)cc3)c(C)c2)cc1. The molecular formula is C35H36O12. The van der Waals surface area contributed by atoms with Gasteiger partial charge in [-0.05, 0) is 79.2 Å². The van der Waals surface area contributed by atoms with Gasteiger partial charge >= 0.3 is 23.9 Å². The zero-order valence-corrected chi connectivity index (χ0v) is 26.0. The van der Waals surface area contributed by atoms with Crippen LogP contribution in [-0.2, 0) is 28.5 Å². The summed E-state index contributed by atoms with van der Waals surface area (Å²) in [5.74, 6) is -0.468. The normalized spacial score (nSPS) is 10.3. The predicted molar refractivity (Wildman–Crippen MR) is 169 cm³/mol. The van der Waals surface area contributed by atoms with Gasteiger partial charge in [0.05, 0.1) is 37.6 Å². The molecule has 0 spiro atoms. The van der Waals surface area contributed by atoms with Crippen LogP contribution in [0.25, 0.3) is 0 Å². The minimum atomic E-state index is -0.569. The fourth-order valence-electron chi connectivity index (χ4n) is 3.66. The molecule has 47 heavy (non-hydrogen) atoms. The number of carbonyl (C=O) groups excluding carboxylic acids is 4. The molecule has 0 amide bonds. The van der Waals surface area contributed by atoms with E-state index in [1.54, 1.807) is 67.6 Å². The maximum Gasteiger partial charge on any atom is 0.343 e. The van der Waals surface area contributed by atoms with Gasteiger partial charge < -0.3 is 37.9 Å². The number of esters is 4. The first-order valence-corrected chi connectivity index (χ1v) is 14.5. The Kier molecular flexibility index (Phi) is 15.2. The number of rotatable bonds is 20. The van der Waals surface area contributed by atoms with Crippen molar-refractivity contribution in [3.8, 4) is 23.0 Å². The van der Waals surface area contributed by atoms with Gasteiger partial charge in [-0.1, -0.05) is 13.2 Å². The maximum absolute atomic E-state index is 12.7. The summed E-state index contributed by atoms with van der Waals surface area (Å²) < 4.78 is 42.4. The van der Waals surface area contributed by atoms with Crippen molar-refractivity contribution in [2.45, 2.75) is 6.92 Å². The molecule has 12 nitrogen and oxygen atoms in total. The van der Waals surface area contributed by atoms with E-state index in [1.807, 2.05) is 0 Å². The van der Waals surface area contributed by atoms with Crippen molar-refractivity contribution >= 4 is 23.9 Å². The Bertz CT molecular complexity index is 1500. The minimum Gasteiger partial charge on any atom is -0.491 e. The van der Waals surface area contributed by atoms with Gasteiger partial charge in [0.2, 0.25) is 0 Å². The quantitative estimate of drug-likeness (QED) is 0.0727. The molecule has 0 fully saturated rings. The van der Waals surface area contributed by atoms with E-state index in [1.165, 1.54) is 6.07 Å². The molecule has 0 aromatic heterocycles. The largest absolute Gasteiger partial charge is 0.491 e. The van der Waals surface area contributed by atoms with Crippen LogP contribution >= 0.6 is 0 Å². The van der Waals surface area contributed by atoms with E-state index in [0.717, 1.165) is 12.2 Å². The number of hydrogen-bond donors (Lipinski definition) is 0. The van der Waals surface area contributed by atoms with Crippen LogP contribution in [-0.4, -0.2) is 76.7 Å². The Morgan fingerprint density at radius 3 is 1.43 bits per heavy atom. The zero-order valence-electron chi connectivity index (χ0n) is 26.0. The molecule has 0 aliphatic carbocycles. The van der Waals surface area contributed by atoms with Crippen molar-refractivity contribution in [3.63, 3.8) is 0 Å². The van der Waals surface area contributed by atoms with E-state index in [0.29, 0.717) is 47.2 Å². The summed E-state index contributed by atoms with van der Waals surface area (Å²) in [5, 5.41) is 0. The number of aryl methyl sites for hydroxylation is 1. The summed E-state index contributed by atoms with van der Waals surface area (Å²) >= 11 is 0. The summed E-state index contributed by atoms with van der Waals surface area (Å²) in [4.78, 5) is 47.3. The number of benzene rings is 3. The van der Waals surface area contributed by atoms with Crippen molar-refractivity contribution in [2.24, 2.45) is 0 Å². The predicted octanol–water partition coefficient (Wildman–Crippen LogP) is 4.68. The molecule has 0 N–H and O–H groups in total. The van der Waals surface area contributed by atoms with Crippen LogP contribution in [0.5, 0.6) is 23.0 Å². The summed E-state index contributed by atoms with van der Waals surface area (Å²) in [6, 6.07) is 17.5. The highest BCUT2D eigenvalue weighted by Gasteiger charge is 2.14. The third-order valence-corrected chi connectivity index (χ3v) is 6.01. The summed E-state index contributed by atoms with van der Waals surface area (Å²) in [7, 11) is 0. The van der Waals surface area contributed by atoms with E-state index in [-0.39, 0.29) is 45.4 Å². The van der Waals surface area contributed by atoms with Crippen LogP contribution in [0.4, 0.5) is 0 Å². The fourth-order valence-corrected chi connectivity index (χ4v) is 3.66. The average Bonchev–Trinajstić information content (AvgIpc) is 3.08. The Morgan fingerprint density at radius 2 is 0.979 bits per heavy atom. The summed E-state index contributed by atoms with van der Waals surface area (Å²) in [6.07, 6.45) is 2.16. The molecule has 12 heteroatoms. The summed E-state index contributed by atoms with van der Waals surface area (Å²) in [6.45, 7) is 10.2. The Hall–Kier alpha value is -5.46. The topological polar surface area (TPSA) is 142 Å². The molecule has 0 atom stereocenters. The Morgan fingerprint density at radius 1 is 0.553 bits per heavy atom. The van der Waals surface area contributed by atoms with Gasteiger partial charge in [-0.15, -0.1) is 0 Å². The second-order valence-electron chi connectivity index (χ2n) is 9.42. The Labute approximate surface area is 272 Å². The fraction of sp³-hybridized carbons (Fsp3) is 0.257. The summed E-state index contributed by atoms with van der Waals surface area (Å²) in [5.41, 5.74) is 1.23. The van der Waals surface area contributed by atoms with Crippen LogP contribution in [0, 0.1) is 6.92 Å². The average molecular weight is 649 g/mol. The van der Waals surface area contributed by atoms with Gasteiger partial charge in [-0.2, -0.15) is 0 Å². The molecule has 0 unspecified atom stereocenters. The second-order valence-corrected chi connectivity index (χ2v) is 9.42. The number of carbonyl (C=O) groups is 4. The van der Waals surface area contributed by atoms with Crippen LogP contribution < -0.4 is 18.9 Å². The lowest BCUT2D eigenvalue weighted by molar-refractivity contribution is -0.140. The van der Waals surface area contributed by atoms with Crippen molar-refractivity contribution < 1.29 is 57.1 Å². The molecule has 0 radical (unpaired) electrons. The molecular weight excluding hydrogens is 612 g/mol. The van der Waals surface area contributed by atoms with Gasteiger partial charge in [0.1, 0.15) is 49.4 Å². The monoisotopic (exact) mass is 648 g/mol. The first-order valence-electron chi connectivity index (χ1n) is 14.5. The van der Waals surface area contributed by atoms with Gasteiger partial charge in [0.15, 0.2) is 0 Å². The molecule has 3 aromatic rings. The van der Waals surface area contributed by atoms with Gasteiger partial charge in [0, 0.05) is 12.2 Å². The van der Waals surface area contributed by atoms with Crippen LogP contribution in [0.2, 0.25) is 0 Å². The standard InChI is InChI=1S/C35H36O12/c1-4-32(36)44-22-18-40-16-20-42-28-10-6-26(7-11-28)34(38)46-30-14-15-31(25(3)24-30)47-35(39)27-8-12-29(13-9-27)43-21-17-41-19-23-45-33(37)5-2/h4-15,24H,1-2,16-23H2,3H3. The van der Waals surface area contributed by atoms with E-state index >= 15 is 0 Å². The van der Waals surface area contributed by atoms with Crippen LogP contribution in [0.1, 0.15) is 26.3 Å². The van der Waals surface area contributed by atoms with Gasteiger partial charge in [-0.3, -0.25) is 0 Å². The smallest absolute Gasteiger partial charge is 0.343 e. The lowest BCUT2D eigenvalue weighted by Gasteiger charge is -2.11. The van der Waals surface area contributed by atoms with E-state index < -0.39 is 23.9 Å². The molecule has 3 rings (SSSR count). The zero-order chi connectivity index (χ0) is 33.9. The number of hydrogen-bond acceptors (Lipinski definition) is 12. The Balaban J connectivity index is 1.38. The lowest BCUT2D eigenvalue weighted by Crippen LogP contribution is -2.13. The molecule has 0 saturated heterocycles.